The van der Waals surface area contributed by atoms with Crippen LogP contribution in [-0.4, -0.2) is 18.4 Å². The van der Waals surface area contributed by atoms with Gasteiger partial charge in [-0.1, -0.05) is 31.4 Å². The van der Waals surface area contributed by atoms with Crippen molar-refractivity contribution in [2.45, 2.75) is 45.4 Å². The first-order valence-electron chi connectivity index (χ1n) is 8.12. The molecule has 0 radical (unpaired) electrons. The summed E-state index contributed by atoms with van der Waals surface area (Å²) in [6.07, 6.45) is 5.05. The Morgan fingerprint density at radius 3 is 2.39 bits per heavy atom. The molecule has 1 aromatic rings. The van der Waals surface area contributed by atoms with Crippen LogP contribution >= 0.6 is 0 Å². The second-order valence-electron chi connectivity index (χ2n) is 6.14. The van der Waals surface area contributed by atoms with Crippen LogP contribution in [-0.2, 0) is 16.0 Å². The zero-order chi connectivity index (χ0) is 16.7. The molecule has 2 N–H and O–H groups in total. The van der Waals surface area contributed by atoms with Gasteiger partial charge in [0.15, 0.2) is 0 Å². The zero-order valence-electron chi connectivity index (χ0n) is 13.5. The van der Waals surface area contributed by atoms with Crippen LogP contribution < -0.4 is 10.6 Å². The number of nitriles is 1. The smallest absolute Gasteiger partial charge is 0.240 e. The van der Waals surface area contributed by atoms with Crippen LogP contribution in [0.15, 0.2) is 24.3 Å². The van der Waals surface area contributed by atoms with E-state index in [2.05, 4.69) is 16.7 Å². The van der Waals surface area contributed by atoms with E-state index >= 15 is 0 Å². The fourth-order valence-corrected chi connectivity index (χ4v) is 2.99. The number of carbonyl (C=O) groups excluding carboxylic acids is 2. The van der Waals surface area contributed by atoms with Gasteiger partial charge in [-0.05, 0) is 37.0 Å². The third-order valence-corrected chi connectivity index (χ3v) is 4.33. The van der Waals surface area contributed by atoms with Crippen molar-refractivity contribution in [3.63, 3.8) is 0 Å². The van der Waals surface area contributed by atoms with Crippen molar-refractivity contribution in [3.05, 3.63) is 29.8 Å². The monoisotopic (exact) mass is 313 g/mol. The van der Waals surface area contributed by atoms with Gasteiger partial charge >= 0.3 is 0 Å². The molecule has 0 aromatic heterocycles. The Kier molecular flexibility index (Phi) is 5.75. The van der Waals surface area contributed by atoms with Crippen molar-refractivity contribution in [2.24, 2.45) is 5.41 Å². The number of amides is 2. The number of benzene rings is 1. The van der Waals surface area contributed by atoms with Crippen LogP contribution in [0.2, 0.25) is 0 Å². The molecule has 1 aliphatic rings. The van der Waals surface area contributed by atoms with Crippen molar-refractivity contribution in [2.75, 3.05) is 11.9 Å². The van der Waals surface area contributed by atoms with Crippen LogP contribution in [0.4, 0.5) is 5.69 Å². The quantitative estimate of drug-likeness (QED) is 0.877. The van der Waals surface area contributed by atoms with Crippen LogP contribution in [0.3, 0.4) is 0 Å². The first kappa shape index (κ1) is 17.0. The van der Waals surface area contributed by atoms with E-state index in [0.717, 1.165) is 30.5 Å². The normalized spacial score (nSPS) is 16.2. The molecule has 1 aromatic carbocycles. The Bertz CT molecular complexity index is 596. The molecule has 0 aliphatic heterocycles. The van der Waals surface area contributed by atoms with Gasteiger partial charge in [0, 0.05) is 19.2 Å². The van der Waals surface area contributed by atoms with E-state index in [1.54, 1.807) is 0 Å². The summed E-state index contributed by atoms with van der Waals surface area (Å²) in [5.41, 5.74) is 1.01. The average Bonchev–Trinajstić information content (AvgIpc) is 2.56. The maximum atomic E-state index is 12.3. The lowest BCUT2D eigenvalue weighted by Gasteiger charge is -2.29. The third-order valence-electron chi connectivity index (χ3n) is 4.33. The van der Waals surface area contributed by atoms with Crippen molar-refractivity contribution in [3.8, 4) is 6.07 Å². The Hall–Kier alpha value is -2.35. The van der Waals surface area contributed by atoms with Crippen LogP contribution in [0.1, 0.15) is 44.6 Å². The summed E-state index contributed by atoms with van der Waals surface area (Å²) in [7, 11) is 0. The lowest BCUT2D eigenvalue weighted by Crippen LogP contribution is -2.42. The predicted octanol–water partition coefficient (Wildman–Crippen LogP) is 2.78. The van der Waals surface area contributed by atoms with E-state index < -0.39 is 5.41 Å². The second kappa shape index (κ2) is 7.77. The SMILES string of the molecule is CC(=O)Nc1ccc(CCNC(=O)C2(C#N)CCCCC2)cc1. The van der Waals surface area contributed by atoms with Crippen LogP contribution in [0, 0.1) is 16.7 Å². The van der Waals surface area contributed by atoms with E-state index in [1.165, 1.54) is 6.92 Å². The van der Waals surface area contributed by atoms with Crippen molar-refractivity contribution in [1.29, 1.82) is 5.26 Å². The predicted molar refractivity (Wildman–Crippen MR) is 88.6 cm³/mol. The van der Waals surface area contributed by atoms with Gasteiger partial charge < -0.3 is 10.6 Å². The molecular weight excluding hydrogens is 290 g/mol. The first-order chi connectivity index (χ1) is 11.1. The molecule has 1 saturated carbocycles. The molecule has 0 heterocycles. The number of hydrogen-bond acceptors (Lipinski definition) is 3. The Balaban J connectivity index is 1.83. The number of anilines is 1. The molecular formula is C18H23N3O2. The molecule has 0 atom stereocenters. The third kappa shape index (κ3) is 4.56. The van der Waals surface area contributed by atoms with Crippen molar-refractivity contribution in [1.82, 2.24) is 5.32 Å². The number of nitrogens with zero attached hydrogens (tertiary/aromatic N) is 1. The highest BCUT2D eigenvalue weighted by Gasteiger charge is 2.39. The van der Waals surface area contributed by atoms with E-state index in [4.69, 9.17) is 0 Å². The fraction of sp³-hybridized carbons (Fsp3) is 0.500. The van der Waals surface area contributed by atoms with Crippen LogP contribution in [0.25, 0.3) is 0 Å². The highest BCUT2D eigenvalue weighted by molar-refractivity contribution is 5.88. The molecule has 0 saturated heterocycles. The van der Waals surface area contributed by atoms with Crippen molar-refractivity contribution >= 4 is 17.5 Å². The summed E-state index contributed by atoms with van der Waals surface area (Å²) in [5, 5.41) is 15.0. The van der Waals surface area contributed by atoms with Gasteiger partial charge in [-0.15, -0.1) is 0 Å². The molecule has 5 heteroatoms. The second-order valence-corrected chi connectivity index (χ2v) is 6.14. The molecule has 1 aliphatic carbocycles. The summed E-state index contributed by atoms with van der Waals surface area (Å²) < 4.78 is 0. The number of carbonyl (C=O) groups is 2. The van der Waals surface area contributed by atoms with E-state index in [-0.39, 0.29) is 11.8 Å². The lowest BCUT2D eigenvalue weighted by molar-refractivity contribution is -0.129. The molecule has 2 amide bonds. The summed E-state index contributed by atoms with van der Waals surface area (Å²) >= 11 is 0. The molecule has 0 spiro atoms. The van der Waals surface area contributed by atoms with E-state index in [1.807, 2.05) is 24.3 Å². The standard InChI is InChI=1S/C18H23N3O2/c1-14(22)21-16-7-5-15(6-8-16)9-12-20-17(23)18(13-19)10-3-2-4-11-18/h5-8H,2-4,9-12H2,1H3,(H,20,23)(H,21,22). The average molecular weight is 313 g/mol. The first-order valence-corrected chi connectivity index (χ1v) is 8.12. The largest absolute Gasteiger partial charge is 0.354 e. The number of hydrogen-bond donors (Lipinski definition) is 2. The molecule has 23 heavy (non-hydrogen) atoms. The van der Waals surface area contributed by atoms with Gasteiger partial charge in [0.05, 0.1) is 6.07 Å². The fourth-order valence-electron chi connectivity index (χ4n) is 2.99. The highest BCUT2D eigenvalue weighted by atomic mass is 16.2. The minimum absolute atomic E-state index is 0.0979. The Labute approximate surface area is 137 Å². The number of rotatable bonds is 5. The molecule has 5 nitrogen and oxygen atoms in total. The minimum atomic E-state index is -0.826. The van der Waals surface area contributed by atoms with E-state index in [0.29, 0.717) is 25.8 Å². The summed E-state index contributed by atoms with van der Waals surface area (Å²) in [6.45, 7) is 1.99. The van der Waals surface area contributed by atoms with Gasteiger partial charge in [-0.25, -0.2) is 0 Å². The Morgan fingerprint density at radius 1 is 1.17 bits per heavy atom. The topological polar surface area (TPSA) is 82.0 Å². The summed E-state index contributed by atoms with van der Waals surface area (Å²) in [5.74, 6) is -0.228. The molecule has 0 unspecified atom stereocenters. The maximum Gasteiger partial charge on any atom is 0.240 e. The molecule has 1 fully saturated rings. The van der Waals surface area contributed by atoms with Crippen LogP contribution in [0.5, 0.6) is 0 Å². The van der Waals surface area contributed by atoms with Gasteiger partial charge in [-0.2, -0.15) is 5.26 Å². The number of nitrogens with one attached hydrogen (secondary N) is 2. The van der Waals surface area contributed by atoms with E-state index in [9.17, 15) is 14.9 Å². The summed E-state index contributed by atoms with van der Waals surface area (Å²) in [6, 6.07) is 9.78. The molecule has 0 bridgehead atoms. The molecule has 122 valence electrons. The zero-order valence-corrected chi connectivity index (χ0v) is 13.5. The van der Waals surface area contributed by atoms with Gasteiger partial charge in [0.25, 0.3) is 0 Å². The van der Waals surface area contributed by atoms with Crippen molar-refractivity contribution < 1.29 is 9.59 Å². The van der Waals surface area contributed by atoms with Gasteiger partial charge in [0.1, 0.15) is 5.41 Å². The van der Waals surface area contributed by atoms with Gasteiger partial charge in [-0.3, -0.25) is 9.59 Å². The maximum absolute atomic E-state index is 12.3. The lowest BCUT2D eigenvalue weighted by atomic mass is 9.74. The summed E-state index contributed by atoms with van der Waals surface area (Å²) in [4.78, 5) is 23.3. The van der Waals surface area contributed by atoms with Gasteiger partial charge in [0.2, 0.25) is 11.8 Å². The highest BCUT2D eigenvalue weighted by Crippen LogP contribution is 2.35. The molecule has 2 rings (SSSR count). The Morgan fingerprint density at radius 2 is 1.83 bits per heavy atom. The minimum Gasteiger partial charge on any atom is -0.354 e.